The number of hydrogen-bond donors (Lipinski definition) is 0. The van der Waals surface area contributed by atoms with E-state index in [1.165, 1.54) is 32.1 Å². The Morgan fingerprint density at radius 1 is 1.23 bits per heavy atom. The fraction of sp³-hybridized carbons (Fsp3) is 0.846. The van der Waals surface area contributed by atoms with Crippen LogP contribution in [0.25, 0.3) is 0 Å². The van der Waals surface area contributed by atoms with Gasteiger partial charge in [0.2, 0.25) is 0 Å². The van der Waals surface area contributed by atoms with Crippen LogP contribution in [0, 0.1) is 11.8 Å². The summed E-state index contributed by atoms with van der Waals surface area (Å²) in [4.78, 5) is 0. The smallest absolute Gasteiger partial charge is 0.0280 e. The molecule has 0 aromatic rings. The Bertz CT molecular complexity index is 182. The van der Waals surface area contributed by atoms with E-state index in [0.717, 1.165) is 11.8 Å². The van der Waals surface area contributed by atoms with E-state index < -0.39 is 0 Å². The second-order valence-electron chi connectivity index (χ2n) is 4.79. The molecule has 2 unspecified atom stereocenters. The molecule has 1 aliphatic rings. The first-order valence-corrected chi connectivity index (χ1v) is 5.82. The Morgan fingerprint density at radius 3 is 2.31 bits per heavy atom. The van der Waals surface area contributed by atoms with Crippen molar-refractivity contribution in [2.45, 2.75) is 59.8 Å². The number of hydrogen-bond acceptors (Lipinski definition) is 0. The molecule has 1 saturated carbocycles. The van der Waals surface area contributed by atoms with E-state index in [1.54, 1.807) is 11.1 Å². The van der Waals surface area contributed by atoms with Gasteiger partial charge >= 0.3 is 0 Å². The highest BCUT2D eigenvalue weighted by Crippen LogP contribution is 2.34. The van der Waals surface area contributed by atoms with Crippen molar-refractivity contribution in [1.29, 1.82) is 0 Å². The first-order valence-electron chi connectivity index (χ1n) is 5.82. The summed E-state index contributed by atoms with van der Waals surface area (Å²) in [5.41, 5.74) is 3.44. The van der Waals surface area contributed by atoms with E-state index in [9.17, 15) is 0 Å². The Hall–Kier alpha value is -0.260. The average molecular weight is 180 g/mol. The second-order valence-corrected chi connectivity index (χ2v) is 4.79. The topological polar surface area (TPSA) is 0 Å². The number of rotatable bonds is 5. The normalized spacial score (nSPS) is 19.8. The zero-order valence-electron chi connectivity index (χ0n) is 9.69. The van der Waals surface area contributed by atoms with Crippen LogP contribution < -0.4 is 0 Å². The van der Waals surface area contributed by atoms with E-state index in [-0.39, 0.29) is 0 Å². The minimum absolute atomic E-state index is 0.900. The highest BCUT2D eigenvalue weighted by Gasteiger charge is 2.16. The molecule has 0 heterocycles. The Kier molecular flexibility index (Phi) is 4.02. The molecular weight excluding hydrogens is 156 g/mol. The van der Waals surface area contributed by atoms with Gasteiger partial charge in [-0.3, -0.25) is 0 Å². The molecule has 0 heteroatoms. The van der Waals surface area contributed by atoms with Crippen LogP contribution in [0.2, 0.25) is 0 Å². The molecule has 0 saturated heterocycles. The minimum atomic E-state index is 0.900. The molecule has 0 aromatic carbocycles. The van der Waals surface area contributed by atoms with Gasteiger partial charge in [0.25, 0.3) is 0 Å². The molecule has 13 heavy (non-hydrogen) atoms. The summed E-state index contributed by atoms with van der Waals surface area (Å²) in [6, 6.07) is 0. The average Bonchev–Trinajstić information content (AvgIpc) is 2.95. The van der Waals surface area contributed by atoms with Gasteiger partial charge in [-0.05, 0) is 44.4 Å². The standard InChI is InChI=1S/C13H24/c1-5-10(2)11(3)6-7-12(4)13-8-9-13/h10-11H,5-9H2,1-4H3. The van der Waals surface area contributed by atoms with Gasteiger partial charge in [-0.1, -0.05) is 38.3 Å². The molecule has 1 fully saturated rings. The Morgan fingerprint density at radius 2 is 1.85 bits per heavy atom. The lowest BCUT2D eigenvalue weighted by Crippen LogP contribution is -2.06. The van der Waals surface area contributed by atoms with Gasteiger partial charge in [-0.2, -0.15) is 0 Å². The molecule has 0 aliphatic heterocycles. The Balaban J connectivity index is 2.21. The van der Waals surface area contributed by atoms with Crippen LogP contribution in [-0.4, -0.2) is 0 Å². The molecule has 0 amide bonds. The molecule has 0 radical (unpaired) electrons. The van der Waals surface area contributed by atoms with Crippen LogP contribution in [0.15, 0.2) is 11.1 Å². The van der Waals surface area contributed by atoms with E-state index in [0.29, 0.717) is 0 Å². The lowest BCUT2D eigenvalue weighted by molar-refractivity contribution is 0.355. The monoisotopic (exact) mass is 180 g/mol. The summed E-state index contributed by atoms with van der Waals surface area (Å²) in [5, 5.41) is 0. The Labute approximate surface area is 83.4 Å². The van der Waals surface area contributed by atoms with Gasteiger partial charge in [-0.25, -0.2) is 0 Å². The van der Waals surface area contributed by atoms with Gasteiger partial charge in [-0.15, -0.1) is 0 Å². The molecular formula is C13H24. The molecule has 0 bridgehead atoms. The second kappa shape index (κ2) is 4.83. The predicted molar refractivity (Wildman–Crippen MR) is 59.8 cm³/mol. The fourth-order valence-electron chi connectivity index (χ4n) is 1.80. The van der Waals surface area contributed by atoms with Crippen molar-refractivity contribution in [1.82, 2.24) is 0 Å². The minimum Gasteiger partial charge on any atom is -0.0741 e. The predicted octanol–water partition coefficient (Wildman–Crippen LogP) is 4.56. The first-order chi connectivity index (χ1) is 6.15. The maximum atomic E-state index is 2.40. The van der Waals surface area contributed by atoms with Gasteiger partial charge in [0.15, 0.2) is 0 Å². The third-order valence-corrected chi connectivity index (χ3v) is 3.69. The molecule has 1 aliphatic carbocycles. The lowest BCUT2D eigenvalue weighted by Gasteiger charge is -2.18. The van der Waals surface area contributed by atoms with E-state index in [4.69, 9.17) is 0 Å². The summed E-state index contributed by atoms with van der Waals surface area (Å²) < 4.78 is 0. The van der Waals surface area contributed by atoms with Crippen molar-refractivity contribution in [3.8, 4) is 0 Å². The third-order valence-electron chi connectivity index (χ3n) is 3.69. The number of allylic oxidation sites excluding steroid dienone is 2. The quantitative estimate of drug-likeness (QED) is 0.544. The van der Waals surface area contributed by atoms with Gasteiger partial charge < -0.3 is 0 Å². The molecule has 0 nitrogen and oxygen atoms in total. The van der Waals surface area contributed by atoms with Crippen molar-refractivity contribution in [2.24, 2.45) is 11.8 Å². The highest BCUT2D eigenvalue weighted by molar-refractivity contribution is 5.23. The van der Waals surface area contributed by atoms with Crippen LogP contribution in [0.3, 0.4) is 0 Å². The van der Waals surface area contributed by atoms with Crippen molar-refractivity contribution in [3.63, 3.8) is 0 Å². The molecule has 76 valence electrons. The van der Waals surface area contributed by atoms with Crippen LogP contribution in [-0.2, 0) is 0 Å². The van der Waals surface area contributed by atoms with Gasteiger partial charge in [0, 0.05) is 0 Å². The summed E-state index contributed by atoms with van der Waals surface area (Å²) in [6.07, 6.45) is 6.86. The summed E-state index contributed by atoms with van der Waals surface area (Å²) in [6.45, 7) is 9.41. The zero-order chi connectivity index (χ0) is 9.84. The molecule has 0 N–H and O–H groups in total. The van der Waals surface area contributed by atoms with Crippen LogP contribution in [0.5, 0.6) is 0 Å². The maximum Gasteiger partial charge on any atom is -0.0280 e. The van der Waals surface area contributed by atoms with E-state index >= 15 is 0 Å². The largest absolute Gasteiger partial charge is 0.0741 e. The summed E-state index contributed by atoms with van der Waals surface area (Å²) >= 11 is 0. The molecule has 1 rings (SSSR count). The van der Waals surface area contributed by atoms with Crippen LogP contribution >= 0.6 is 0 Å². The van der Waals surface area contributed by atoms with Crippen molar-refractivity contribution in [3.05, 3.63) is 11.1 Å². The van der Waals surface area contributed by atoms with Crippen molar-refractivity contribution < 1.29 is 0 Å². The zero-order valence-corrected chi connectivity index (χ0v) is 9.69. The van der Waals surface area contributed by atoms with Gasteiger partial charge in [0.1, 0.15) is 0 Å². The third kappa shape index (κ3) is 3.54. The summed E-state index contributed by atoms with van der Waals surface area (Å²) in [5.74, 6) is 1.80. The van der Waals surface area contributed by atoms with Crippen molar-refractivity contribution >= 4 is 0 Å². The molecule has 0 aromatic heterocycles. The highest BCUT2D eigenvalue weighted by atomic mass is 14.2. The van der Waals surface area contributed by atoms with E-state index in [2.05, 4.69) is 27.7 Å². The molecule has 0 spiro atoms. The maximum absolute atomic E-state index is 2.40. The van der Waals surface area contributed by atoms with Gasteiger partial charge in [0.05, 0.1) is 0 Å². The van der Waals surface area contributed by atoms with Crippen molar-refractivity contribution in [2.75, 3.05) is 0 Å². The SMILES string of the molecule is CCC(C)C(C)CCC(C)=C1CC1. The molecule has 2 atom stereocenters. The van der Waals surface area contributed by atoms with Crippen LogP contribution in [0.4, 0.5) is 0 Å². The van der Waals surface area contributed by atoms with Crippen LogP contribution in [0.1, 0.15) is 59.8 Å². The fourth-order valence-corrected chi connectivity index (χ4v) is 1.80. The van der Waals surface area contributed by atoms with E-state index in [1.807, 2.05) is 0 Å². The summed E-state index contributed by atoms with van der Waals surface area (Å²) in [7, 11) is 0. The lowest BCUT2D eigenvalue weighted by atomic mass is 9.88. The first kappa shape index (κ1) is 10.8.